The van der Waals surface area contributed by atoms with Crippen molar-refractivity contribution in [2.24, 2.45) is 0 Å². The number of nitrogens with one attached hydrogen (secondary N) is 2. The molecule has 30 heavy (non-hydrogen) atoms. The Morgan fingerprint density at radius 2 is 1.80 bits per heavy atom. The smallest absolute Gasteiger partial charge is 0.269 e. The number of carbonyl (C=O) groups excluding carboxylic acids is 2. The number of carbonyl (C=O) groups is 2. The van der Waals surface area contributed by atoms with Gasteiger partial charge in [0.2, 0.25) is 16.9 Å². The van der Waals surface area contributed by atoms with E-state index >= 15 is 0 Å². The summed E-state index contributed by atoms with van der Waals surface area (Å²) in [6, 6.07) is 14.4. The zero-order chi connectivity index (χ0) is 21.5. The summed E-state index contributed by atoms with van der Waals surface area (Å²) in [4.78, 5) is 34.5. The van der Waals surface area contributed by atoms with Gasteiger partial charge < -0.3 is 5.32 Å². The Labute approximate surface area is 175 Å². The molecule has 2 aromatic carbocycles. The van der Waals surface area contributed by atoms with Gasteiger partial charge in [-0.25, -0.2) is 0 Å². The Morgan fingerprint density at radius 3 is 2.47 bits per heavy atom. The number of aromatic nitrogens is 2. The lowest BCUT2D eigenvalue weighted by Gasteiger charge is -2.11. The third-order valence-corrected chi connectivity index (χ3v) is 4.85. The lowest BCUT2D eigenvalue weighted by molar-refractivity contribution is -0.384. The standard InChI is InChI=1S/C20H17N5O4S/c1-13(21-17(26)12-7-14-5-3-2-4-6-14)18(27)22-20-24-23-19(30-20)15-8-10-16(11-9-15)25(28)29/h2-13H,1H3,(H,21,26)(H,22,24,27)/b12-7+/t13-/m1/s1. The maximum absolute atomic E-state index is 12.3. The Kier molecular flexibility index (Phi) is 6.60. The van der Waals surface area contributed by atoms with Crippen molar-refractivity contribution >= 4 is 40.0 Å². The van der Waals surface area contributed by atoms with Crippen LogP contribution in [0.4, 0.5) is 10.8 Å². The van der Waals surface area contributed by atoms with Crippen molar-refractivity contribution in [3.63, 3.8) is 0 Å². The lowest BCUT2D eigenvalue weighted by Crippen LogP contribution is -2.40. The molecule has 2 amide bonds. The molecule has 0 aliphatic heterocycles. The van der Waals surface area contributed by atoms with Gasteiger partial charge in [-0.05, 0) is 30.7 Å². The fourth-order valence-electron chi connectivity index (χ4n) is 2.39. The zero-order valence-corrected chi connectivity index (χ0v) is 16.6. The summed E-state index contributed by atoms with van der Waals surface area (Å²) in [6.45, 7) is 1.56. The van der Waals surface area contributed by atoms with E-state index in [-0.39, 0.29) is 10.8 Å². The molecule has 3 aromatic rings. The number of anilines is 1. The van der Waals surface area contributed by atoms with Crippen LogP contribution in [0.1, 0.15) is 12.5 Å². The number of amides is 2. The van der Waals surface area contributed by atoms with Crippen molar-refractivity contribution in [3.05, 3.63) is 76.4 Å². The summed E-state index contributed by atoms with van der Waals surface area (Å²) in [5.74, 6) is -0.840. The minimum Gasteiger partial charge on any atom is -0.341 e. The molecule has 0 unspecified atom stereocenters. The first-order valence-corrected chi connectivity index (χ1v) is 9.67. The van der Waals surface area contributed by atoms with Crippen LogP contribution in [0.25, 0.3) is 16.6 Å². The molecule has 1 atom stereocenters. The monoisotopic (exact) mass is 423 g/mol. The Balaban J connectivity index is 1.56. The average Bonchev–Trinajstić information content (AvgIpc) is 3.21. The second kappa shape index (κ2) is 9.52. The van der Waals surface area contributed by atoms with Gasteiger partial charge in [0, 0.05) is 23.8 Å². The van der Waals surface area contributed by atoms with Gasteiger partial charge in [-0.2, -0.15) is 0 Å². The average molecular weight is 423 g/mol. The zero-order valence-electron chi connectivity index (χ0n) is 15.8. The van der Waals surface area contributed by atoms with Crippen molar-refractivity contribution < 1.29 is 14.5 Å². The summed E-state index contributed by atoms with van der Waals surface area (Å²) in [5.41, 5.74) is 1.49. The van der Waals surface area contributed by atoms with Crippen LogP contribution in [0.2, 0.25) is 0 Å². The Bertz CT molecular complexity index is 1080. The molecule has 0 bridgehead atoms. The van der Waals surface area contributed by atoms with Crippen LogP contribution in [-0.2, 0) is 9.59 Å². The number of rotatable bonds is 7. The number of nitrogens with zero attached hydrogens (tertiary/aromatic N) is 3. The van der Waals surface area contributed by atoms with E-state index in [0.717, 1.165) is 16.9 Å². The molecular formula is C20H17N5O4S. The summed E-state index contributed by atoms with van der Waals surface area (Å²) in [7, 11) is 0. The highest BCUT2D eigenvalue weighted by Crippen LogP contribution is 2.27. The van der Waals surface area contributed by atoms with Crippen molar-refractivity contribution in [2.75, 3.05) is 5.32 Å². The van der Waals surface area contributed by atoms with E-state index in [1.165, 1.54) is 18.2 Å². The Morgan fingerprint density at radius 1 is 1.10 bits per heavy atom. The second-order valence-corrected chi connectivity index (χ2v) is 7.16. The van der Waals surface area contributed by atoms with E-state index < -0.39 is 22.8 Å². The molecule has 0 saturated carbocycles. The molecule has 0 fully saturated rings. The van der Waals surface area contributed by atoms with E-state index in [9.17, 15) is 19.7 Å². The molecule has 0 radical (unpaired) electrons. The lowest BCUT2D eigenvalue weighted by atomic mass is 10.2. The van der Waals surface area contributed by atoms with Crippen LogP contribution in [0.15, 0.2) is 60.7 Å². The molecule has 9 nitrogen and oxygen atoms in total. The van der Waals surface area contributed by atoms with E-state index in [1.807, 2.05) is 30.3 Å². The maximum Gasteiger partial charge on any atom is 0.269 e. The van der Waals surface area contributed by atoms with Gasteiger partial charge in [-0.3, -0.25) is 25.0 Å². The van der Waals surface area contributed by atoms with Gasteiger partial charge in [-0.1, -0.05) is 41.7 Å². The molecule has 1 aromatic heterocycles. The van der Waals surface area contributed by atoms with Crippen LogP contribution >= 0.6 is 11.3 Å². The number of hydrogen-bond acceptors (Lipinski definition) is 7. The molecule has 2 N–H and O–H groups in total. The van der Waals surface area contributed by atoms with Gasteiger partial charge in [0.05, 0.1) is 4.92 Å². The van der Waals surface area contributed by atoms with Gasteiger partial charge in [0.1, 0.15) is 11.0 Å². The van der Waals surface area contributed by atoms with Crippen molar-refractivity contribution in [1.82, 2.24) is 15.5 Å². The van der Waals surface area contributed by atoms with Gasteiger partial charge in [-0.15, -0.1) is 10.2 Å². The normalized spacial score (nSPS) is 11.8. The van der Waals surface area contributed by atoms with Crippen LogP contribution in [0, 0.1) is 10.1 Å². The topological polar surface area (TPSA) is 127 Å². The highest BCUT2D eigenvalue weighted by Gasteiger charge is 2.17. The van der Waals surface area contributed by atoms with Crippen LogP contribution in [-0.4, -0.2) is 33.0 Å². The number of nitro benzene ring substituents is 1. The van der Waals surface area contributed by atoms with Crippen LogP contribution in [0.3, 0.4) is 0 Å². The quantitative estimate of drug-likeness (QED) is 0.341. The molecule has 3 rings (SSSR count). The third-order valence-electron chi connectivity index (χ3n) is 3.96. The SMILES string of the molecule is C[C@@H](NC(=O)/C=C/c1ccccc1)C(=O)Nc1nnc(-c2ccc([N+](=O)[O-])cc2)s1. The van der Waals surface area contributed by atoms with Crippen molar-refractivity contribution in [2.45, 2.75) is 13.0 Å². The molecule has 0 spiro atoms. The number of nitro groups is 1. The third kappa shape index (κ3) is 5.55. The van der Waals surface area contributed by atoms with Crippen molar-refractivity contribution in [3.8, 4) is 10.6 Å². The first kappa shape index (κ1) is 20.8. The van der Waals surface area contributed by atoms with Gasteiger partial charge >= 0.3 is 0 Å². The second-order valence-electron chi connectivity index (χ2n) is 6.18. The molecule has 0 aliphatic rings. The fraction of sp³-hybridized carbons (Fsp3) is 0.100. The first-order chi connectivity index (χ1) is 14.4. The molecule has 10 heteroatoms. The number of hydrogen-bond donors (Lipinski definition) is 2. The predicted molar refractivity (Wildman–Crippen MR) is 114 cm³/mol. The summed E-state index contributed by atoms with van der Waals surface area (Å²) in [5, 5.41) is 24.6. The van der Waals surface area contributed by atoms with Gasteiger partial charge in [0.25, 0.3) is 5.69 Å². The van der Waals surface area contributed by atoms with Gasteiger partial charge in [0.15, 0.2) is 0 Å². The van der Waals surface area contributed by atoms with Crippen LogP contribution < -0.4 is 10.6 Å². The van der Waals surface area contributed by atoms with E-state index in [0.29, 0.717) is 10.6 Å². The molecule has 1 heterocycles. The molecule has 0 saturated heterocycles. The van der Waals surface area contributed by atoms with E-state index in [4.69, 9.17) is 0 Å². The largest absolute Gasteiger partial charge is 0.341 e. The van der Waals surface area contributed by atoms with Crippen LogP contribution in [0.5, 0.6) is 0 Å². The Hall–Kier alpha value is -3.92. The highest BCUT2D eigenvalue weighted by atomic mass is 32.1. The van der Waals surface area contributed by atoms with E-state index in [2.05, 4.69) is 20.8 Å². The summed E-state index contributed by atoms with van der Waals surface area (Å²) in [6.07, 6.45) is 3.01. The summed E-state index contributed by atoms with van der Waals surface area (Å²) < 4.78 is 0. The summed E-state index contributed by atoms with van der Waals surface area (Å²) >= 11 is 1.12. The minimum atomic E-state index is -0.787. The number of benzene rings is 2. The first-order valence-electron chi connectivity index (χ1n) is 8.85. The predicted octanol–water partition coefficient (Wildman–Crippen LogP) is 3.27. The maximum atomic E-state index is 12.3. The molecular weight excluding hydrogens is 406 g/mol. The van der Waals surface area contributed by atoms with E-state index in [1.54, 1.807) is 25.1 Å². The highest BCUT2D eigenvalue weighted by molar-refractivity contribution is 7.18. The minimum absolute atomic E-state index is 0.0253. The fourth-order valence-corrected chi connectivity index (χ4v) is 3.14. The van der Waals surface area contributed by atoms with Crippen molar-refractivity contribution in [1.29, 1.82) is 0 Å². The molecule has 152 valence electrons. The molecule has 0 aliphatic carbocycles. The number of non-ortho nitro benzene ring substituents is 1.